The minimum atomic E-state index is -0.445. The van der Waals surface area contributed by atoms with Gasteiger partial charge in [-0.1, -0.05) is 6.07 Å². The summed E-state index contributed by atoms with van der Waals surface area (Å²) in [6.45, 7) is 6.19. The summed E-state index contributed by atoms with van der Waals surface area (Å²) in [5.74, 6) is 0.694. The summed E-state index contributed by atoms with van der Waals surface area (Å²) in [5, 5.41) is 9.30. The highest BCUT2D eigenvalue weighted by Crippen LogP contribution is 2.30. The lowest BCUT2D eigenvalue weighted by molar-refractivity contribution is 0.0629. The van der Waals surface area contributed by atoms with E-state index in [-0.39, 0.29) is 5.91 Å². The van der Waals surface area contributed by atoms with E-state index in [1.165, 1.54) is 0 Å². The molecule has 1 aliphatic rings. The van der Waals surface area contributed by atoms with Gasteiger partial charge in [0.15, 0.2) is 0 Å². The molecule has 0 aromatic heterocycles. The minimum absolute atomic E-state index is 0.0325. The molecule has 0 unspecified atom stereocenters. The standard InChI is InChI=1S/C18H25N3O2/c1-14-5-6-15(11-16(14)23-10-4-8-19)17(22)21-9-3-7-18(2,12-20)13-21/h5-6,11H,3-4,7-10,13,19H2,1-2H3/t18-/m1/s1. The van der Waals surface area contributed by atoms with Crippen molar-refractivity contribution in [1.29, 1.82) is 5.26 Å². The number of benzene rings is 1. The maximum absolute atomic E-state index is 12.7. The first-order valence-corrected chi connectivity index (χ1v) is 8.13. The number of carbonyl (C=O) groups is 1. The van der Waals surface area contributed by atoms with Crippen LogP contribution in [0, 0.1) is 23.7 Å². The summed E-state index contributed by atoms with van der Waals surface area (Å²) in [7, 11) is 0. The number of hydrogen-bond donors (Lipinski definition) is 1. The first-order chi connectivity index (χ1) is 11.0. The minimum Gasteiger partial charge on any atom is -0.493 e. The van der Waals surface area contributed by atoms with Crippen LogP contribution >= 0.6 is 0 Å². The highest BCUT2D eigenvalue weighted by Gasteiger charge is 2.33. The van der Waals surface area contributed by atoms with Gasteiger partial charge in [-0.15, -0.1) is 0 Å². The van der Waals surface area contributed by atoms with Crippen molar-refractivity contribution in [2.45, 2.75) is 33.1 Å². The van der Waals surface area contributed by atoms with Gasteiger partial charge in [-0.25, -0.2) is 0 Å². The lowest BCUT2D eigenvalue weighted by atomic mass is 9.83. The van der Waals surface area contributed by atoms with Crippen LogP contribution in [0.1, 0.15) is 42.1 Å². The Bertz CT molecular complexity index is 609. The second-order valence-electron chi connectivity index (χ2n) is 6.47. The quantitative estimate of drug-likeness (QED) is 0.847. The van der Waals surface area contributed by atoms with E-state index in [1.54, 1.807) is 11.0 Å². The molecular formula is C18H25N3O2. The molecule has 1 atom stereocenters. The molecule has 1 aromatic rings. The molecule has 5 nitrogen and oxygen atoms in total. The molecule has 1 aliphatic heterocycles. The van der Waals surface area contributed by atoms with Crippen molar-refractivity contribution in [3.05, 3.63) is 29.3 Å². The van der Waals surface area contributed by atoms with Crippen LogP contribution in [-0.2, 0) is 0 Å². The van der Waals surface area contributed by atoms with Crippen LogP contribution in [0.15, 0.2) is 18.2 Å². The Kier molecular flexibility index (Phi) is 5.62. The Morgan fingerprint density at radius 1 is 1.52 bits per heavy atom. The lowest BCUT2D eigenvalue weighted by Crippen LogP contribution is -2.44. The van der Waals surface area contributed by atoms with Gasteiger partial charge in [0.25, 0.3) is 5.91 Å². The molecule has 1 amide bonds. The zero-order chi connectivity index (χ0) is 16.9. The number of hydrogen-bond acceptors (Lipinski definition) is 4. The second kappa shape index (κ2) is 7.47. The first kappa shape index (κ1) is 17.3. The molecule has 0 aliphatic carbocycles. The highest BCUT2D eigenvalue weighted by molar-refractivity contribution is 5.94. The van der Waals surface area contributed by atoms with Crippen molar-refractivity contribution in [3.8, 4) is 11.8 Å². The predicted molar refractivity (Wildman–Crippen MR) is 89.2 cm³/mol. The zero-order valence-electron chi connectivity index (χ0n) is 14.0. The number of likely N-dealkylation sites (tertiary alicyclic amines) is 1. The summed E-state index contributed by atoms with van der Waals surface area (Å²) < 4.78 is 5.71. The third kappa shape index (κ3) is 4.23. The van der Waals surface area contributed by atoms with Gasteiger partial charge in [-0.3, -0.25) is 4.79 Å². The number of rotatable bonds is 5. The van der Waals surface area contributed by atoms with E-state index in [4.69, 9.17) is 10.5 Å². The normalized spacial score (nSPS) is 20.9. The van der Waals surface area contributed by atoms with E-state index in [0.717, 1.165) is 30.6 Å². The molecule has 0 bridgehead atoms. The largest absolute Gasteiger partial charge is 0.493 e. The van der Waals surface area contributed by atoms with Crippen LogP contribution < -0.4 is 10.5 Å². The van der Waals surface area contributed by atoms with Crippen LogP contribution in [0.4, 0.5) is 0 Å². The maximum atomic E-state index is 12.7. The molecule has 1 heterocycles. The van der Waals surface area contributed by atoms with E-state index in [9.17, 15) is 10.1 Å². The molecule has 2 rings (SSSR count). The molecule has 5 heteroatoms. The third-order valence-electron chi connectivity index (χ3n) is 4.29. The van der Waals surface area contributed by atoms with Gasteiger partial charge in [0.2, 0.25) is 0 Å². The topological polar surface area (TPSA) is 79.3 Å². The van der Waals surface area contributed by atoms with E-state index in [0.29, 0.717) is 31.8 Å². The number of carbonyl (C=O) groups excluding carboxylic acids is 1. The number of nitriles is 1. The predicted octanol–water partition coefficient (Wildman–Crippen LogP) is 2.49. The third-order valence-corrected chi connectivity index (χ3v) is 4.29. The van der Waals surface area contributed by atoms with Crippen molar-refractivity contribution < 1.29 is 9.53 Å². The Morgan fingerprint density at radius 3 is 3.00 bits per heavy atom. The molecule has 0 saturated carbocycles. The number of amides is 1. The summed E-state index contributed by atoms with van der Waals surface area (Å²) in [6, 6.07) is 7.87. The molecule has 0 spiro atoms. The number of aryl methyl sites for hydroxylation is 1. The van der Waals surface area contributed by atoms with Crippen LogP contribution in [-0.4, -0.2) is 37.0 Å². The Balaban J connectivity index is 2.13. The Morgan fingerprint density at radius 2 is 2.30 bits per heavy atom. The number of ether oxygens (including phenoxy) is 1. The smallest absolute Gasteiger partial charge is 0.254 e. The van der Waals surface area contributed by atoms with Gasteiger partial charge >= 0.3 is 0 Å². The molecule has 2 N–H and O–H groups in total. The fourth-order valence-electron chi connectivity index (χ4n) is 2.84. The molecule has 0 radical (unpaired) electrons. The average Bonchev–Trinajstić information content (AvgIpc) is 2.56. The van der Waals surface area contributed by atoms with Crippen LogP contribution in [0.5, 0.6) is 5.75 Å². The van der Waals surface area contributed by atoms with Gasteiger partial charge in [-0.05, 0) is 57.4 Å². The van der Waals surface area contributed by atoms with E-state index < -0.39 is 5.41 Å². The second-order valence-corrected chi connectivity index (χ2v) is 6.47. The van der Waals surface area contributed by atoms with E-state index in [2.05, 4.69) is 6.07 Å². The lowest BCUT2D eigenvalue weighted by Gasteiger charge is -2.36. The SMILES string of the molecule is Cc1ccc(C(=O)N2CCC[C@](C)(C#N)C2)cc1OCCCN. The van der Waals surface area contributed by atoms with Crippen LogP contribution in [0.2, 0.25) is 0 Å². The van der Waals surface area contributed by atoms with Crippen molar-refractivity contribution in [3.63, 3.8) is 0 Å². The summed E-state index contributed by atoms with van der Waals surface area (Å²) in [6.07, 6.45) is 2.49. The Labute approximate surface area is 138 Å². The highest BCUT2D eigenvalue weighted by atomic mass is 16.5. The van der Waals surface area contributed by atoms with Gasteiger partial charge in [0.05, 0.1) is 18.1 Å². The number of piperidine rings is 1. The van der Waals surface area contributed by atoms with Crippen molar-refractivity contribution in [2.24, 2.45) is 11.1 Å². The van der Waals surface area contributed by atoms with Crippen molar-refractivity contribution >= 4 is 5.91 Å². The molecule has 1 fully saturated rings. The molecular weight excluding hydrogens is 290 g/mol. The van der Waals surface area contributed by atoms with Gasteiger partial charge in [-0.2, -0.15) is 5.26 Å². The monoisotopic (exact) mass is 315 g/mol. The van der Waals surface area contributed by atoms with Crippen LogP contribution in [0.3, 0.4) is 0 Å². The molecule has 1 saturated heterocycles. The maximum Gasteiger partial charge on any atom is 0.254 e. The Hall–Kier alpha value is -2.06. The van der Waals surface area contributed by atoms with Gasteiger partial charge in [0.1, 0.15) is 5.75 Å². The summed E-state index contributed by atoms with van der Waals surface area (Å²) in [4.78, 5) is 14.5. The number of nitrogens with zero attached hydrogens (tertiary/aromatic N) is 2. The fourth-order valence-corrected chi connectivity index (χ4v) is 2.84. The number of nitrogens with two attached hydrogens (primary N) is 1. The van der Waals surface area contributed by atoms with Crippen molar-refractivity contribution in [1.82, 2.24) is 4.90 Å². The van der Waals surface area contributed by atoms with E-state index in [1.807, 2.05) is 26.0 Å². The van der Waals surface area contributed by atoms with Gasteiger partial charge in [0, 0.05) is 18.7 Å². The van der Waals surface area contributed by atoms with Crippen LogP contribution in [0.25, 0.3) is 0 Å². The van der Waals surface area contributed by atoms with Gasteiger partial charge < -0.3 is 15.4 Å². The summed E-state index contributed by atoms with van der Waals surface area (Å²) in [5.41, 5.74) is 6.64. The molecule has 1 aromatic carbocycles. The van der Waals surface area contributed by atoms with E-state index >= 15 is 0 Å². The molecule has 124 valence electrons. The fraction of sp³-hybridized carbons (Fsp3) is 0.556. The molecule has 23 heavy (non-hydrogen) atoms. The van der Waals surface area contributed by atoms with Crippen molar-refractivity contribution in [2.75, 3.05) is 26.2 Å². The first-order valence-electron chi connectivity index (χ1n) is 8.13. The summed E-state index contributed by atoms with van der Waals surface area (Å²) >= 11 is 0. The zero-order valence-corrected chi connectivity index (χ0v) is 14.0. The average molecular weight is 315 g/mol.